The topological polar surface area (TPSA) is 68.8 Å². The molecule has 0 spiro atoms. The second-order valence-corrected chi connectivity index (χ2v) is 5.80. The molecule has 0 aliphatic rings. The Balaban J connectivity index is 1.68. The predicted molar refractivity (Wildman–Crippen MR) is 84.3 cm³/mol. The van der Waals surface area contributed by atoms with E-state index < -0.39 is 0 Å². The summed E-state index contributed by atoms with van der Waals surface area (Å²) in [5.74, 6) is 2.26. The molecular formula is C15H17N5OS. The molecule has 7 heteroatoms. The molecule has 0 atom stereocenters. The van der Waals surface area contributed by atoms with Crippen LogP contribution >= 0.6 is 11.8 Å². The first-order valence-corrected chi connectivity index (χ1v) is 7.92. The number of aromatic nitrogens is 5. The lowest BCUT2D eigenvalue weighted by atomic mass is 10.2. The van der Waals surface area contributed by atoms with E-state index in [9.17, 15) is 0 Å². The van der Waals surface area contributed by atoms with Crippen molar-refractivity contribution in [2.45, 2.75) is 24.1 Å². The van der Waals surface area contributed by atoms with Gasteiger partial charge in [0.05, 0.1) is 5.75 Å². The number of imidazole rings is 1. The lowest BCUT2D eigenvalue weighted by molar-refractivity contribution is 0.266. The van der Waals surface area contributed by atoms with E-state index in [1.54, 1.807) is 16.3 Å². The van der Waals surface area contributed by atoms with Crippen LogP contribution in [-0.2, 0) is 26.0 Å². The third-order valence-electron chi connectivity index (χ3n) is 3.39. The number of hydrogen-bond acceptors (Lipinski definition) is 5. The number of aliphatic hydroxyl groups excluding tert-OH is 1. The fourth-order valence-electron chi connectivity index (χ4n) is 2.14. The highest BCUT2D eigenvalue weighted by Crippen LogP contribution is 2.20. The molecule has 3 rings (SSSR count). The highest BCUT2D eigenvalue weighted by molar-refractivity contribution is 7.98. The van der Waals surface area contributed by atoms with Crippen molar-refractivity contribution in [2.24, 2.45) is 7.05 Å². The molecule has 114 valence electrons. The fraction of sp³-hybridized carbons (Fsp3) is 0.267. The van der Waals surface area contributed by atoms with E-state index in [1.165, 1.54) is 5.56 Å². The van der Waals surface area contributed by atoms with Crippen LogP contribution in [0.4, 0.5) is 0 Å². The van der Waals surface area contributed by atoms with E-state index in [0.717, 1.165) is 17.5 Å². The van der Waals surface area contributed by atoms with Gasteiger partial charge in [0.25, 0.3) is 0 Å². The SMILES string of the molecule is Cn1c(CO)nnc1SCc1nccn1Cc1ccccc1. The Hall–Kier alpha value is -2.12. The van der Waals surface area contributed by atoms with Gasteiger partial charge in [-0.1, -0.05) is 42.1 Å². The van der Waals surface area contributed by atoms with Gasteiger partial charge in [0.2, 0.25) is 0 Å². The zero-order valence-corrected chi connectivity index (χ0v) is 13.1. The minimum Gasteiger partial charge on any atom is -0.388 e. The summed E-state index contributed by atoms with van der Waals surface area (Å²) in [6.07, 6.45) is 3.80. The monoisotopic (exact) mass is 315 g/mol. The number of nitrogens with zero attached hydrogens (tertiary/aromatic N) is 5. The van der Waals surface area contributed by atoms with E-state index in [-0.39, 0.29) is 6.61 Å². The van der Waals surface area contributed by atoms with Crippen LogP contribution in [0.15, 0.2) is 47.9 Å². The van der Waals surface area contributed by atoms with Gasteiger partial charge in [0, 0.05) is 26.0 Å². The van der Waals surface area contributed by atoms with Crippen LogP contribution in [-0.4, -0.2) is 29.4 Å². The summed E-state index contributed by atoms with van der Waals surface area (Å²) in [7, 11) is 1.85. The molecule has 0 radical (unpaired) electrons. The van der Waals surface area contributed by atoms with Gasteiger partial charge in [-0.15, -0.1) is 10.2 Å². The molecule has 6 nitrogen and oxygen atoms in total. The first kappa shape index (κ1) is 14.8. The van der Waals surface area contributed by atoms with Crippen molar-refractivity contribution in [3.63, 3.8) is 0 Å². The predicted octanol–water partition coefficient (Wildman–Crippen LogP) is 1.84. The van der Waals surface area contributed by atoms with E-state index in [2.05, 4.69) is 31.9 Å². The largest absolute Gasteiger partial charge is 0.388 e. The van der Waals surface area contributed by atoms with Crippen LogP contribution in [0.25, 0.3) is 0 Å². The quantitative estimate of drug-likeness (QED) is 0.703. The molecule has 2 aromatic heterocycles. The van der Waals surface area contributed by atoms with Crippen molar-refractivity contribution < 1.29 is 5.11 Å². The van der Waals surface area contributed by atoms with Crippen molar-refractivity contribution in [2.75, 3.05) is 0 Å². The molecule has 2 heterocycles. The van der Waals surface area contributed by atoms with E-state index in [1.807, 2.05) is 37.6 Å². The van der Waals surface area contributed by atoms with Crippen LogP contribution < -0.4 is 0 Å². The average molecular weight is 315 g/mol. The third kappa shape index (κ3) is 3.20. The Morgan fingerprint density at radius 2 is 1.95 bits per heavy atom. The highest BCUT2D eigenvalue weighted by atomic mass is 32.2. The van der Waals surface area contributed by atoms with Crippen LogP contribution in [0.5, 0.6) is 0 Å². The molecule has 0 aliphatic heterocycles. The summed E-state index contributed by atoms with van der Waals surface area (Å²) in [6, 6.07) is 10.3. The molecule has 1 aromatic carbocycles. The maximum Gasteiger partial charge on any atom is 0.191 e. The van der Waals surface area contributed by atoms with Crippen LogP contribution in [0.3, 0.4) is 0 Å². The smallest absolute Gasteiger partial charge is 0.191 e. The zero-order valence-electron chi connectivity index (χ0n) is 12.3. The lowest BCUT2D eigenvalue weighted by Gasteiger charge is -2.08. The summed E-state index contributed by atoms with van der Waals surface area (Å²) >= 11 is 1.56. The molecule has 0 amide bonds. The second-order valence-electron chi connectivity index (χ2n) is 4.86. The Bertz CT molecular complexity index is 737. The minimum absolute atomic E-state index is 0.104. The maximum absolute atomic E-state index is 9.14. The lowest BCUT2D eigenvalue weighted by Crippen LogP contribution is -2.04. The number of benzene rings is 1. The van der Waals surface area contributed by atoms with Crippen molar-refractivity contribution >= 4 is 11.8 Å². The van der Waals surface area contributed by atoms with Crippen molar-refractivity contribution in [1.29, 1.82) is 0 Å². The fourth-order valence-corrected chi connectivity index (χ4v) is 3.04. The second kappa shape index (κ2) is 6.76. The van der Waals surface area contributed by atoms with E-state index >= 15 is 0 Å². The summed E-state index contributed by atoms with van der Waals surface area (Å²) in [6.45, 7) is 0.699. The van der Waals surface area contributed by atoms with Gasteiger partial charge in [-0.2, -0.15) is 0 Å². The number of hydrogen-bond donors (Lipinski definition) is 1. The van der Waals surface area contributed by atoms with Gasteiger partial charge in [0.1, 0.15) is 12.4 Å². The molecule has 0 aliphatic carbocycles. The molecule has 1 N–H and O–H groups in total. The van der Waals surface area contributed by atoms with Gasteiger partial charge >= 0.3 is 0 Å². The number of rotatable bonds is 6. The van der Waals surface area contributed by atoms with Gasteiger partial charge < -0.3 is 14.2 Å². The van der Waals surface area contributed by atoms with Crippen molar-refractivity contribution in [1.82, 2.24) is 24.3 Å². The minimum atomic E-state index is -0.104. The van der Waals surface area contributed by atoms with Crippen LogP contribution in [0, 0.1) is 0 Å². The third-order valence-corrected chi connectivity index (χ3v) is 4.41. The molecule has 0 bridgehead atoms. The molecule has 0 saturated heterocycles. The van der Waals surface area contributed by atoms with E-state index in [0.29, 0.717) is 11.6 Å². The van der Waals surface area contributed by atoms with Gasteiger partial charge in [0.15, 0.2) is 11.0 Å². The molecule has 0 fully saturated rings. The van der Waals surface area contributed by atoms with Gasteiger partial charge in [-0.05, 0) is 5.56 Å². The molecule has 3 aromatic rings. The number of aliphatic hydroxyl groups is 1. The average Bonchev–Trinajstić information content (AvgIpc) is 3.13. The molecular weight excluding hydrogens is 298 g/mol. The Morgan fingerprint density at radius 1 is 1.14 bits per heavy atom. The first-order valence-electron chi connectivity index (χ1n) is 6.94. The summed E-state index contributed by atoms with van der Waals surface area (Å²) < 4.78 is 3.93. The molecule has 22 heavy (non-hydrogen) atoms. The summed E-state index contributed by atoms with van der Waals surface area (Å²) in [5, 5.41) is 17.9. The van der Waals surface area contributed by atoms with Gasteiger partial charge in [-0.3, -0.25) is 0 Å². The molecule has 0 saturated carbocycles. The number of thioether (sulfide) groups is 1. The van der Waals surface area contributed by atoms with Crippen LogP contribution in [0.2, 0.25) is 0 Å². The van der Waals surface area contributed by atoms with E-state index in [4.69, 9.17) is 5.11 Å². The van der Waals surface area contributed by atoms with Crippen molar-refractivity contribution in [3.8, 4) is 0 Å². The first-order chi connectivity index (χ1) is 10.8. The Labute approximate surface area is 132 Å². The zero-order chi connectivity index (χ0) is 15.4. The normalized spacial score (nSPS) is 11.0. The Kier molecular flexibility index (Phi) is 4.55. The van der Waals surface area contributed by atoms with Crippen molar-refractivity contribution in [3.05, 3.63) is 59.9 Å². The Morgan fingerprint density at radius 3 is 2.68 bits per heavy atom. The van der Waals surface area contributed by atoms with Gasteiger partial charge in [-0.25, -0.2) is 4.98 Å². The summed E-state index contributed by atoms with van der Waals surface area (Å²) in [5.41, 5.74) is 1.24. The molecule has 0 unspecified atom stereocenters. The van der Waals surface area contributed by atoms with Crippen LogP contribution in [0.1, 0.15) is 17.2 Å². The highest BCUT2D eigenvalue weighted by Gasteiger charge is 2.10. The maximum atomic E-state index is 9.14. The summed E-state index contributed by atoms with van der Waals surface area (Å²) in [4.78, 5) is 4.42. The standard InChI is InChI=1S/C15H17N5OS/c1-19-13(10-21)17-18-15(19)22-11-14-16-7-8-20(14)9-12-5-3-2-4-6-12/h2-8,21H,9-11H2,1H3.